The van der Waals surface area contributed by atoms with E-state index in [1.165, 1.54) is 6.07 Å². The van der Waals surface area contributed by atoms with E-state index in [1.807, 2.05) is 12.1 Å². The highest BCUT2D eigenvalue weighted by Crippen LogP contribution is 2.24. The summed E-state index contributed by atoms with van der Waals surface area (Å²) in [5.74, 6) is -0.999. The molecule has 0 aliphatic heterocycles. The van der Waals surface area contributed by atoms with E-state index in [2.05, 4.69) is 15.5 Å². The largest absolute Gasteiger partial charge is 0.381 e. The fourth-order valence-corrected chi connectivity index (χ4v) is 3.50. The van der Waals surface area contributed by atoms with Crippen LogP contribution in [-0.4, -0.2) is 35.4 Å². The molecule has 0 unspecified atom stereocenters. The van der Waals surface area contributed by atoms with Crippen LogP contribution in [0.4, 0.5) is 4.39 Å². The molecule has 4 rings (SSSR count). The Kier molecular flexibility index (Phi) is 4.92. The summed E-state index contributed by atoms with van der Waals surface area (Å²) in [5, 5.41) is 10.8. The van der Waals surface area contributed by atoms with Crippen LogP contribution in [-0.2, 0) is 11.2 Å². The summed E-state index contributed by atoms with van der Waals surface area (Å²) in [7, 11) is 1.64. The van der Waals surface area contributed by atoms with Crippen molar-refractivity contribution >= 4 is 16.7 Å². The molecular weight excluding hydrogens is 361 g/mol. The lowest BCUT2D eigenvalue weighted by Gasteiger charge is -2.34. The van der Waals surface area contributed by atoms with Crippen LogP contribution in [0.2, 0.25) is 0 Å². The number of rotatable bonds is 5. The number of hydrogen-bond acceptors (Lipinski definition) is 4. The molecule has 1 aliphatic carbocycles. The Balaban J connectivity index is 1.57. The van der Waals surface area contributed by atoms with Crippen LogP contribution < -0.4 is 10.9 Å². The highest BCUT2D eigenvalue weighted by molar-refractivity contribution is 5.95. The fourth-order valence-electron chi connectivity index (χ4n) is 3.50. The number of methoxy groups -OCH3 is 1. The quantitative estimate of drug-likeness (QED) is 0.711. The second-order valence-electron chi connectivity index (χ2n) is 7.04. The number of fused-ring (bicyclic) bond motifs is 1. The number of amides is 1. The van der Waals surface area contributed by atoms with Crippen LogP contribution in [0, 0.1) is 5.82 Å². The molecule has 144 valence electrons. The van der Waals surface area contributed by atoms with Crippen molar-refractivity contribution in [3.05, 3.63) is 75.5 Å². The van der Waals surface area contributed by atoms with Gasteiger partial charge in [-0.15, -0.1) is 0 Å². The second-order valence-corrected chi connectivity index (χ2v) is 7.04. The molecule has 0 atom stereocenters. The van der Waals surface area contributed by atoms with E-state index < -0.39 is 11.7 Å². The molecule has 2 aromatic carbocycles. The summed E-state index contributed by atoms with van der Waals surface area (Å²) >= 11 is 0. The van der Waals surface area contributed by atoms with Gasteiger partial charge in [-0.3, -0.25) is 9.59 Å². The predicted octanol–water partition coefficient (Wildman–Crippen LogP) is 2.56. The maximum atomic E-state index is 14.2. The van der Waals surface area contributed by atoms with Crippen molar-refractivity contribution < 1.29 is 13.9 Å². The Morgan fingerprint density at radius 1 is 1.25 bits per heavy atom. The third-order valence-electron chi connectivity index (χ3n) is 5.19. The number of ether oxygens (including phenoxy) is 1. The molecule has 28 heavy (non-hydrogen) atoms. The topological polar surface area (TPSA) is 84.1 Å². The SMILES string of the molecule is COC1CC(NC(=O)c2cc(Cc3n[nH]c(=O)c4ccccc34)ccc2F)C1. The van der Waals surface area contributed by atoms with Crippen LogP contribution in [0.15, 0.2) is 47.3 Å². The Bertz CT molecular complexity index is 1090. The molecule has 0 bridgehead atoms. The van der Waals surface area contributed by atoms with Gasteiger partial charge in [0.1, 0.15) is 5.82 Å². The number of H-pyrrole nitrogens is 1. The molecule has 7 heteroatoms. The minimum Gasteiger partial charge on any atom is -0.381 e. The number of nitrogens with zero attached hydrogens (tertiary/aromatic N) is 1. The van der Waals surface area contributed by atoms with E-state index in [1.54, 1.807) is 31.4 Å². The van der Waals surface area contributed by atoms with Gasteiger partial charge in [-0.2, -0.15) is 5.10 Å². The van der Waals surface area contributed by atoms with Gasteiger partial charge in [0.25, 0.3) is 11.5 Å². The van der Waals surface area contributed by atoms with Gasteiger partial charge < -0.3 is 10.1 Å². The highest BCUT2D eigenvalue weighted by atomic mass is 19.1. The van der Waals surface area contributed by atoms with Crippen molar-refractivity contribution in [1.29, 1.82) is 0 Å². The summed E-state index contributed by atoms with van der Waals surface area (Å²) in [6.07, 6.45) is 1.99. The Labute approximate surface area is 160 Å². The number of halogens is 1. The fraction of sp³-hybridized carbons (Fsp3) is 0.286. The number of aromatic amines is 1. The van der Waals surface area contributed by atoms with Gasteiger partial charge in [0.05, 0.1) is 22.7 Å². The van der Waals surface area contributed by atoms with E-state index in [0.717, 1.165) is 23.8 Å². The van der Waals surface area contributed by atoms with Gasteiger partial charge in [-0.1, -0.05) is 24.3 Å². The monoisotopic (exact) mass is 381 g/mol. The van der Waals surface area contributed by atoms with Gasteiger partial charge in [0, 0.05) is 25.0 Å². The first-order valence-electron chi connectivity index (χ1n) is 9.13. The molecule has 1 saturated carbocycles. The van der Waals surface area contributed by atoms with Crippen LogP contribution in [0.5, 0.6) is 0 Å². The average Bonchev–Trinajstić information content (AvgIpc) is 2.68. The van der Waals surface area contributed by atoms with Crippen molar-refractivity contribution in [3.8, 4) is 0 Å². The zero-order valence-electron chi connectivity index (χ0n) is 15.4. The number of benzene rings is 2. The van der Waals surface area contributed by atoms with Gasteiger partial charge in [-0.25, -0.2) is 9.49 Å². The molecule has 1 fully saturated rings. The molecule has 1 amide bonds. The third kappa shape index (κ3) is 3.53. The molecule has 3 aromatic rings. The molecule has 0 spiro atoms. The predicted molar refractivity (Wildman–Crippen MR) is 103 cm³/mol. The van der Waals surface area contributed by atoms with Crippen LogP contribution in [0.1, 0.15) is 34.5 Å². The zero-order chi connectivity index (χ0) is 19.7. The molecule has 2 N–H and O–H groups in total. The summed E-state index contributed by atoms with van der Waals surface area (Å²) in [4.78, 5) is 24.4. The minimum absolute atomic E-state index is 0.00492. The summed E-state index contributed by atoms with van der Waals surface area (Å²) in [6, 6.07) is 11.6. The number of hydrogen-bond donors (Lipinski definition) is 2. The van der Waals surface area contributed by atoms with Gasteiger partial charge in [-0.05, 0) is 36.6 Å². The Morgan fingerprint density at radius 3 is 2.75 bits per heavy atom. The summed E-state index contributed by atoms with van der Waals surface area (Å²) in [6.45, 7) is 0. The maximum Gasteiger partial charge on any atom is 0.272 e. The zero-order valence-corrected chi connectivity index (χ0v) is 15.4. The van der Waals surface area contributed by atoms with E-state index in [4.69, 9.17) is 4.74 Å². The first-order valence-corrected chi connectivity index (χ1v) is 9.13. The van der Waals surface area contributed by atoms with Crippen LogP contribution in [0.25, 0.3) is 10.8 Å². The highest BCUT2D eigenvalue weighted by Gasteiger charge is 2.30. The number of nitrogens with one attached hydrogen (secondary N) is 2. The smallest absolute Gasteiger partial charge is 0.272 e. The van der Waals surface area contributed by atoms with E-state index in [0.29, 0.717) is 17.5 Å². The average molecular weight is 381 g/mol. The lowest BCUT2D eigenvalue weighted by molar-refractivity contribution is 0.0175. The van der Waals surface area contributed by atoms with Gasteiger partial charge in [0.2, 0.25) is 0 Å². The molecule has 0 radical (unpaired) electrons. The van der Waals surface area contributed by atoms with E-state index in [-0.39, 0.29) is 23.3 Å². The standard InChI is InChI=1S/C21H20FN3O3/c1-28-14-10-13(11-14)23-20(26)17-8-12(6-7-18(17)22)9-19-15-4-2-3-5-16(15)21(27)25-24-19/h2-8,13-14H,9-11H2,1H3,(H,23,26)(H,25,27). The first-order chi connectivity index (χ1) is 13.5. The molecule has 1 aromatic heterocycles. The summed E-state index contributed by atoms with van der Waals surface area (Å²) < 4.78 is 19.4. The van der Waals surface area contributed by atoms with E-state index in [9.17, 15) is 14.0 Å². The van der Waals surface area contributed by atoms with Crippen LogP contribution in [0.3, 0.4) is 0 Å². The number of aromatic nitrogens is 2. The van der Waals surface area contributed by atoms with Crippen molar-refractivity contribution in [3.63, 3.8) is 0 Å². The Hall–Kier alpha value is -3.06. The lowest BCUT2D eigenvalue weighted by atomic mass is 9.89. The third-order valence-corrected chi connectivity index (χ3v) is 5.19. The molecule has 1 aliphatic rings. The summed E-state index contributed by atoms with van der Waals surface area (Å²) in [5.41, 5.74) is 1.15. The van der Waals surface area contributed by atoms with Crippen molar-refractivity contribution in [2.24, 2.45) is 0 Å². The molecule has 6 nitrogen and oxygen atoms in total. The second kappa shape index (κ2) is 7.52. The minimum atomic E-state index is -0.567. The van der Waals surface area contributed by atoms with Crippen LogP contribution >= 0.6 is 0 Å². The number of carbonyl (C=O) groups excluding carboxylic acids is 1. The van der Waals surface area contributed by atoms with Gasteiger partial charge in [0.15, 0.2) is 0 Å². The Morgan fingerprint density at radius 2 is 2.00 bits per heavy atom. The lowest BCUT2D eigenvalue weighted by Crippen LogP contribution is -2.47. The number of carbonyl (C=O) groups is 1. The molecular formula is C21H20FN3O3. The van der Waals surface area contributed by atoms with Crippen molar-refractivity contribution in [1.82, 2.24) is 15.5 Å². The normalized spacial score (nSPS) is 18.6. The first kappa shape index (κ1) is 18.3. The maximum absolute atomic E-state index is 14.2. The van der Waals surface area contributed by atoms with Crippen molar-refractivity contribution in [2.45, 2.75) is 31.4 Å². The molecule has 0 saturated heterocycles. The van der Waals surface area contributed by atoms with Gasteiger partial charge >= 0.3 is 0 Å². The van der Waals surface area contributed by atoms with E-state index >= 15 is 0 Å². The van der Waals surface area contributed by atoms with Crippen molar-refractivity contribution in [2.75, 3.05) is 7.11 Å². The molecule has 1 heterocycles.